The van der Waals surface area contributed by atoms with Crippen molar-refractivity contribution in [3.63, 3.8) is 0 Å². The van der Waals surface area contributed by atoms with Gasteiger partial charge in [0.15, 0.2) is 5.96 Å². The Morgan fingerprint density at radius 1 is 1.37 bits per heavy atom. The van der Waals surface area contributed by atoms with Gasteiger partial charge in [-0.15, -0.1) is 24.0 Å². The lowest BCUT2D eigenvalue weighted by Crippen LogP contribution is -2.40. The van der Waals surface area contributed by atoms with Crippen LogP contribution in [0.15, 0.2) is 23.5 Å². The summed E-state index contributed by atoms with van der Waals surface area (Å²) in [6.45, 7) is 10.9. The first-order valence-electron chi connectivity index (χ1n) is 9.59. The van der Waals surface area contributed by atoms with Gasteiger partial charge in [0.2, 0.25) is 0 Å². The van der Waals surface area contributed by atoms with Crippen LogP contribution in [-0.4, -0.2) is 56.6 Å². The molecule has 1 fully saturated rings. The van der Waals surface area contributed by atoms with E-state index in [2.05, 4.69) is 51.2 Å². The third-order valence-corrected chi connectivity index (χ3v) is 4.91. The van der Waals surface area contributed by atoms with Crippen molar-refractivity contribution >= 4 is 29.9 Å². The Labute approximate surface area is 179 Å². The Morgan fingerprint density at radius 2 is 2.19 bits per heavy atom. The lowest BCUT2D eigenvalue weighted by Gasteiger charge is -2.21. The smallest absolute Gasteiger partial charge is 0.193 e. The predicted octanol–water partition coefficient (Wildman–Crippen LogP) is 2.70. The van der Waals surface area contributed by atoms with Gasteiger partial charge in [-0.2, -0.15) is 10.2 Å². The minimum Gasteiger partial charge on any atom is -0.357 e. The number of hydrogen-bond acceptors (Lipinski definition) is 3. The maximum Gasteiger partial charge on any atom is 0.193 e. The lowest BCUT2D eigenvalue weighted by atomic mass is 10.0. The number of rotatable bonds is 6. The zero-order valence-electron chi connectivity index (χ0n) is 16.9. The summed E-state index contributed by atoms with van der Waals surface area (Å²) in [4.78, 5) is 7.23. The molecule has 1 aliphatic heterocycles. The average Bonchev–Trinajstić information content (AvgIpc) is 3.31. The van der Waals surface area contributed by atoms with E-state index in [1.54, 1.807) is 0 Å². The molecule has 0 radical (unpaired) electrons. The molecule has 0 aliphatic carbocycles. The number of aryl methyl sites for hydroxylation is 4. The third kappa shape index (κ3) is 5.70. The molecule has 0 saturated carbocycles. The zero-order valence-corrected chi connectivity index (χ0v) is 19.2. The lowest BCUT2D eigenvalue weighted by molar-refractivity contribution is 0.483. The first kappa shape index (κ1) is 21.7. The number of aromatic nitrogens is 4. The fourth-order valence-corrected chi connectivity index (χ4v) is 3.61. The Bertz CT molecular complexity index is 749. The third-order valence-electron chi connectivity index (χ3n) is 4.91. The van der Waals surface area contributed by atoms with Gasteiger partial charge in [-0.3, -0.25) is 14.4 Å². The molecule has 1 N–H and O–H groups in total. The molecule has 0 amide bonds. The van der Waals surface area contributed by atoms with Crippen LogP contribution in [0.1, 0.15) is 42.6 Å². The second-order valence-corrected chi connectivity index (χ2v) is 7.12. The monoisotopic (exact) mass is 485 g/mol. The van der Waals surface area contributed by atoms with Gasteiger partial charge in [0.1, 0.15) is 0 Å². The summed E-state index contributed by atoms with van der Waals surface area (Å²) >= 11 is 0. The van der Waals surface area contributed by atoms with Crippen LogP contribution in [0.2, 0.25) is 0 Å². The number of hydrogen-bond donors (Lipinski definition) is 1. The van der Waals surface area contributed by atoms with Gasteiger partial charge in [0.25, 0.3) is 0 Å². The molecule has 1 saturated heterocycles. The molecule has 0 aromatic carbocycles. The predicted molar refractivity (Wildman–Crippen MR) is 120 cm³/mol. The standard InChI is InChI=1S/C19H31N7.HI/c1-5-20-19(21-8-6-9-26-16(3)11-15(2)23-26)25-10-7-17(14-25)18-12-22-24(4)13-18;/h11-13,17H,5-10,14H2,1-4H3,(H,20,21);1H. The van der Waals surface area contributed by atoms with Crippen molar-refractivity contribution in [1.82, 2.24) is 29.8 Å². The largest absolute Gasteiger partial charge is 0.357 e. The number of nitrogens with zero attached hydrogens (tertiary/aromatic N) is 6. The maximum absolute atomic E-state index is 4.85. The molecule has 2 aromatic rings. The van der Waals surface area contributed by atoms with E-state index in [1.165, 1.54) is 11.3 Å². The van der Waals surface area contributed by atoms with Crippen LogP contribution in [0.25, 0.3) is 0 Å². The van der Waals surface area contributed by atoms with E-state index in [0.29, 0.717) is 5.92 Å². The van der Waals surface area contributed by atoms with Crippen LogP contribution in [0.4, 0.5) is 0 Å². The van der Waals surface area contributed by atoms with E-state index >= 15 is 0 Å². The Balaban J connectivity index is 0.00000261. The summed E-state index contributed by atoms with van der Waals surface area (Å²) in [7, 11) is 1.98. The van der Waals surface area contributed by atoms with Gasteiger partial charge in [-0.1, -0.05) is 0 Å². The highest BCUT2D eigenvalue weighted by molar-refractivity contribution is 14.0. The topological polar surface area (TPSA) is 63.3 Å². The quantitative estimate of drug-likeness (QED) is 0.296. The number of aliphatic imine (C=N–C) groups is 1. The summed E-state index contributed by atoms with van der Waals surface area (Å²) in [5, 5.41) is 12.3. The van der Waals surface area contributed by atoms with E-state index in [-0.39, 0.29) is 24.0 Å². The second-order valence-electron chi connectivity index (χ2n) is 7.12. The van der Waals surface area contributed by atoms with Crippen molar-refractivity contribution in [2.75, 3.05) is 26.2 Å². The van der Waals surface area contributed by atoms with Crippen LogP contribution in [0.5, 0.6) is 0 Å². The molecule has 3 rings (SSSR count). The van der Waals surface area contributed by atoms with E-state index in [0.717, 1.165) is 57.2 Å². The minimum absolute atomic E-state index is 0. The SMILES string of the molecule is CCNC(=NCCCn1nc(C)cc1C)N1CCC(c2cnn(C)c2)C1.I. The summed E-state index contributed by atoms with van der Waals surface area (Å²) in [5.41, 5.74) is 3.63. The summed E-state index contributed by atoms with van der Waals surface area (Å²) in [5.74, 6) is 1.58. The first-order chi connectivity index (χ1) is 12.6. The van der Waals surface area contributed by atoms with Crippen molar-refractivity contribution in [1.29, 1.82) is 0 Å². The Kier molecular flexibility index (Phi) is 8.12. The molecule has 7 nitrogen and oxygen atoms in total. The highest BCUT2D eigenvalue weighted by Crippen LogP contribution is 2.26. The highest BCUT2D eigenvalue weighted by Gasteiger charge is 2.26. The number of guanidine groups is 1. The van der Waals surface area contributed by atoms with E-state index in [4.69, 9.17) is 4.99 Å². The van der Waals surface area contributed by atoms with Crippen LogP contribution in [0.3, 0.4) is 0 Å². The highest BCUT2D eigenvalue weighted by atomic mass is 127. The Morgan fingerprint density at radius 3 is 2.81 bits per heavy atom. The molecule has 0 spiro atoms. The molecule has 8 heteroatoms. The van der Waals surface area contributed by atoms with E-state index in [9.17, 15) is 0 Å². The minimum atomic E-state index is 0. The van der Waals surface area contributed by atoms with Crippen LogP contribution in [0, 0.1) is 13.8 Å². The normalized spacial score (nSPS) is 17.3. The van der Waals surface area contributed by atoms with Crippen molar-refractivity contribution in [3.05, 3.63) is 35.4 Å². The Hall–Kier alpha value is -1.58. The van der Waals surface area contributed by atoms with Gasteiger partial charge in [-0.25, -0.2) is 0 Å². The molecule has 1 unspecified atom stereocenters. The first-order valence-corrected chi connectivity index (χ1v) is 9.59. The molecular weight excluding hydrogens is 453 g/mol. The number of nitrogens with one attached hydrogen (secondary N) is 1. The van der Waals surface area contributed by atoms with Crippen LogP contribution >= 0.6 is 24.0 Å². The van der Waals surface area contributed by atoms with Crippen molar-refractivity contribution in [3.8, 4) is 0 Å². The summed E-state index contributed by atoms with van der Waals surface area (Å²) in [6.07, 6.45) is 6.28. The molecule has 150 valence electrons. The molecule has 27 heavy (non-hydrogen) atoms. The van der Waals surface area contributed by atoms with Gasteiger partial charge in [-0.05, 0) is 45.2 Å². The molecule has 1 aliphatic rings. The summed E-state index contributed by atoms with van der Waals surface area (Å²) in [6, 6.07) is 2.12. The zero-order chi connectivity index (χ0) is 18.5. The molecule has 0 bridgehead atoms. The summed E-state index contributed by atoms with van der Waals surface area (Å²) < 4.78 is 3.96. The van der Waals surface area contributed by atoms with Gasteiger partial charge in [0, 0.05) is 57.6 Å². The average molecular weight is 485 g/mol. The van der Waals surface area contributed by atoms with Crippen molar-refractivity contribution in [2.24, 2.45) is 12.0 Å². The van der Waals surface area contributed by atoms with Crippen LogP contribution < -0.4 is 5.32 Å². The van der Waals surface area contributed by atoms with Crippen LogP contribution in [-0.2, 0) is 13.6 Å². The fraction of sp³-hybridized carbons (Fsp3) is 0.632. The second kappa shape index (κ2) is 10.1. The van der Waals surface area contributed by atoms with Gasteiger partial charge >= 0.3 is 0 Å². The molecule has 1 atom stereocenters. The molecule has 3 heterocycles. The van der Waals surface area contributed by atoms with Gasteiger partial charge < -0.3 is 10.2 Å². The number of likely N-dealkylation sites (tertiary alicyclic amines) is 1. The number of halogens is 1. The van der Waals surface area contributed by atoms with E-state index < -0.39 is 0 Å². The molecular formula is C19H32IN7. The van der Waals surface area contributed by atoms with Gasteiger partial charge in [0.05, 0.1) is 11.9 Å². The van der Waals surface area contributed by atoms with Crippen molar-refractivity contribution in [2.45, 2.75) is 46.1 Å². The van der Waals surface area contributed by atoms with Crippen molar-refractivity contribution < 1.29 is 0 Å². The fourth-order valence-electron chi connectivity index (χ4n) is 3.61. The maximum atomic E-state index is 4.85. The van der Waals surface area contributed by atoms with E-state index in [1.807, 2.05) is 24.9 Å². The molecule has 2 aromatic heterocycles.